The Morgan fingerprint density at radius 3 is 2.33 bits per heavy atom. The van der Waals surface area contributed by atoms with Crippen molar-refractivity contribution in [1.82, 2.24) is 15.1 Å². The Labute approximate surface area is 216 Å². The van der Waals surface area contributed by atoms with Crippen LogP contribution in [-0.2, 0) is 20.0 Å². The number of hydrogen-bond donors (Lipinski definition) is 3. The Balaban J connectivity index is 1.62. The molecular formula is C26H35ClN4O5. The van der Waals surface area contributed by atoms with E-state index in [-0.39, 0.29) is 37.8 Å². The summed E-state index contributed by atoms with van der Waals surface area (Å²) in [5.41, 5.74) is 3.10. The SMILES string of the molecule is CC(C)[C@H](C(=O)N1CC[C@](O)(c2ccc(Cl)cc2)C(C)(C)C1)N1C(=O)NC(=O)C12CCC(C(N)=O)C2. The van der Waals surface area contributed by atoms with Gasteiger partial charge in [0.2, 0.25) is 11.8 Å². The van der Waals surface area contributed by atoms with Crippen LogP contribution in [0.25, 0.3) is 0 Å². The summed E-state index contributed by atoms with van der Waals surface area (Å²) in [7, 11) is 0. The lowest BCUT2D eigenvalue weighted by Crippen LogP contribution is -2.63. The normalized spacial score (nSPS) is 30.7. The zero-order valence-corrected chi connectivity index (χ0v) is 22.0. The fraction of sp³-hybridized carbons (Fsp3) is 0.615. The maximum Gasteiger partial charge on any atom is 0.325 e. The molecule has 4 atom stereocenters. The highest BCUT2D eigenvalue weighted by atomic mass is 35.5. The lowest BCUT2D eigenvalue weighted by Gasteiger charge is -2.52. The molecule has 10 heteroatoms. The number of benzene rings is 1. The number of aliphatic hydroxyl groups is 1. The van der Waals surface area contributed by atoms with Crippen molar-refractivity contribution in [3.63, 3.8) is 0 Å². The van der Waals surface area contributed by atoms with Crippen molar-refractivity contribution in [2.75, 3.05) is 13.1 Å². The van der Waals surface area contributed by atoms with Gasteiger partial charge in [-0.3, -0.25) is 24.6 Å². The number of hydrogen-bond acceptors (Lipinski definition) is 5. The van der Waals surface area contributed by atoms with Crippen LogP contribution < -0.4 is 11.1 Å². The predicted octanol–water partition coefficient (Wildman–Crippen LogP) is 2.39. The molecule has 1 spiro atoms. The molecular weight excluding hydrogens is 484 g/mol. The molecule has 0 aromatic heterocycles. The van der Waals surface area contributed by atoms with E-state index in [0.717, 1.165) is 5.56 Å². The lowest BCUT2D eigenvalue weighted by molar-refractivity contribution is -0.159. The summed E-state index contributed by atoms with van der Waals surface area (Å²) in [6, 6.07) is 5.56. The number of likely N-dealkylation sites (tertiary alicyclic amines) is 1. The number of imide groups is 1. The number of nitrogens with zero attached hydrogens (tertiary/aromatic N) is 2. The summed E-state index contributed by atoms with van der Waals surface area (Å²) in [4.78, 5) is 55.0. The molecule has 1 aliphatic carbocycles. The van der Waals surface area contributed by atoms with E-state index in [1.807, 2.05) is 27.7 Å². The Hall–Kier alpha value is -2.65. The third-order valence-electron chi connectivity index (χ3n) is 8.46. The zero-order valence-electron chi connectivity index (χ0n) is 21.2. The highest BCUT2D eigenvalue weighted by Crippen LogP contribution is 2.48. The molecule has 36 heavy (non-hydrogen) atoms. The highest BCUT2D eigenvalue weighted by Gasteiger charge is 2.61. The van der Waals surface area contributed by atoms with Gasteiger partial charge in [-0.05, 0) is 49.3 Å². The van der Waals surface area contributed by atoms with Gasteiger partial charge in [0.15, 0.2) is 0 Å². The number of halogens is 1. The summed E-state index contributed by atoms with van der Waals surface area (Å²) in [6.07, 6.45) is 1.07. The average molecular weight is 519 g/mol. The van der Waals surface area contributed by atoms with Gasteiger partial charge in [0, 0.05) is 29.4 Å². The molecule has 3 fully saturated rings. The third-order valence-corrected chi connectivity index (χ3v) is 8.71. The third kappa shape index (κ3) is 4.06. The van der Waals surface area contributed by atoms with Gasteiger partial charge in [0.1, 0.15) is 11.6 Å². The van der Waals surface area contributed by atoms with Crippen LogP contribution in [0, 0.1) is 17.3 Å². The van der Waals surface area contributed by atoms with Gasteiger partial charge < -0.3 is 15.7 Å². The van der Waals surface area contributed by atoms with Gasteiger partial charge in [-0.25, -0.2) is 4.79 Å². The van der Waals surface area contributed by atoms with E-state index < -0.39 is 46.4 Å². The van der Waals surface area contributed by atoms with Crippen LogP contribution in [0.3, 0.4) is 0 Å². The van der Waals surface area contributed by atoms with E-state index in [0.29, 0.717) is 17.9 Å². The molecule has 2 saturated heterocycles. The van der Waals surface area contributed by atoms with Crippen molar-refractivity contribution in [3.05, 3.63) is 34.9 Å². The Bertz CT molecular complexity index is 1090. The van der Waals surface area contributed by atoms with Crippen molar-refractivity contribution in [2.45, 2.75) is 70.6 Å². The van der Waals surface area contributed by atoms with E-state index in [9.17, 15) is 24.3 Å². The van der Waals surface area contributed by atoms with Gasteiger partial charge in [0.25, 0.3) is 5.91 Å². The number of nitrogens with two attached hydrogens (primary N) is 1. The molecule has 2 unspecified atom stereocenters. The minimum absolute atomic E-state index is 0.109. The van der Waals surface area contributed by atoms with Gasteiger partial charge in [-0.15, -0.1) is 0 Å². The fourth-order valence-electron chi connectivity index (χ4n) is 6.31. The molecule has 1 saturated carbocycles. The second kappa shape index (κ2) is 9.03. The molecule has 9 nitrogen and oxygen atoms in total. The Morgan fingerprint density at radius 1 is 1.17 bits per heavy atom. The number of carbonyl (C=O) groups is 4. The van der Waals surface area contributed by atoms with Crippen LogP contribution >= 0.6 is 11.6 Å². The molecule has 4 rings (SSSR count). The summed E-state index contributed by atoms with van der Waals surface area (Å²) < 4.78 is 0. The summed E-state index contributed by atoms with van der Waals surface area (Å²) in [5.74, 6) is -2.09. The topological polar surface area (TPSA) is 133 Å². The first-order valence-corrected chi connectivity index (χ1v) is 12.8. The molecule has 2 aliphatic heterocycles. The Morgan fingerprint density at radius 2 is 1.81 bits per heavy atom. The standard InChI is InChI=1S/C26H35ClN4O5/c1-15(2)19(31-23(35)29-22(34)25(31)10-9-16(13-25)20(28)32)21(33)30-12-11-26(36,24(3,4)14-30)17-5-7-18(27)8-6-17/h5-8,15-16,19,36H,9-14H2,1-4H3,(H2,28,32)(H,29,34,35)/t16?,19-,25?,26+/m1/s1. The first kappa shape index (κ1) is 26.4. The van der Waals surface area contributed by atoms with Crippen LogP contribution in [0.4, 0.5) is 4.79 Å². The Kier molecular flexibility index (Phi) is 6.62. The second-order valence-corrected chi connectivity index (χ2v) is 11.9. The largest absolute Gasteiger partial charge is 0.384 e. The fourth-order valence-corrected chi connectivity index (χ4v) is 6.44. The molecule has 2 heterocycles. The van der Waals surface area contributed by atoms with Gasteiger partial charge in [-0.1, -0.05) is 51.4 Å². The number of urea groups is 1. The quantitative estimate of drug-likeness (QED) is 0.515. The molecule has 196 valence electrons. The van der Waals surface area contributed by atoms with Gasteiger partial charge in [-0.2, -0.15) is 0 Å². The average Bonchev–Trinajstić information content (AvgIpc) is 3.34. The summed E-state index contributed by atoms with van der Waals surface area (Å²) in [6.45, 7) is 8.04. The van der Waals surface area contributed by atoms with Crippen molar-refractivity contribution in [1.29, 1.82) is 0 Å². The first-order chi connectivity index (χ1) is 16.7. The first-order valence-electron chi connectivity index (χ1n) is 12.4. The van der Waals surface area contributed by atoms with E-state index in [1.54, 1.807) is 29.2 Å². The summed E-state index contributed by atoms with van der Waals surface area (Å²) in [5, 5.41) is 14.7. The minimum atomic E-state index is -1.27. The maximum atomic E-state index is 14.0. The summed E-state index contributed by atoms with van der Waals surface area (Å²) >= 11 is 6.04. The number of carbonyl (C=O) groups excluding carboxylic acids is 4. The van der Waals surface area contributed by atoms with E-state index >= 15 is 0 Å². The number of amides is 5. The number of nitrogens with one attached hydrogen (secondary N) is 1. The number of rotatable bonds is 5. The van der Waals surface area contributed by atoms with Crippen LogP contribution in [-0.4, -0.2) is 63.3 Å². The highest BCUT2D eigenvalue weighted by molar-refractivity contribution is 6.30. The predicted molar refractivity (Wildman–Crippen MR) is 134 cm³/mol. The molecule has 1 aromatic carbocycles. The van der Waals surface area contributed by atoms with E-state index in [1.165, 1.54) is 4.90 Å². The van der Waals surface area contributed by atoms with Gasteiger partial charge in [0.05, 0.1) is 5.60 Å². The molecule has 3 aliphatic rings. The molecule has 0 radical (unpaired) electrons. The van der Waals surface area contributed by atoms with Crippen molar-refractivity contribution >= 4 is 35.4 Å². The number of primary amides is 1. The maximum absolute atomic E-state index is 14.0. The van der Waals surface area contributed by atoms with Crippen molar-refractivity contribution < 1.29 is 24.3 Å². The molecule has 4 N–H and O–H groups in total. The van der Waals surface area contributed by atoms with Crippen LogP contribution in [0.15, 0.2) is 24.3 Å². The van der Waals surface area contributed by atoms with Crippen LogP contribution in [0.5, 0.6) is 0 Å². The number of piperidine rings is 1. The van der Waals surface area contributed by atoms with E-state index in [2.05, 4.69) is 5.32 Å². The van der Waals surface area contributed by atoms with Crippen LogP contribution in [0.1, 0.15) is 58.9 Å². The molecule has 1 aromatic rings. The zero-order chi connectivity index (χ0) is 26.6. The molecule has 0 bridgehead atoms. The van der Waals surface area contributed by atoms with Crippen LogP contribution in [0.2, 0.25) is 5.02 Å². The van der Waals surface area contributed by atoms with Crippen molar-refractivity contribution in [3.8, 4) is 0 Å². The monoisotopic (exact) mass is 518 g/mol. The second-order valence-electron chi connectivity index (χ2n) is 11.5. The minimum Gasteiger partial charge on any atom is -0.384 e. The van der Waals surface area contributed by atoms with E-state index in [4.69, 9.17) is 17.3 Å². The lowest BCUT2D eigenvalue weighted by atomic mass is 9.66. The molecule has 5 amide bonds. The smallest absolute Gasteiger partial charge is 0.325 e. The van der Waals surface area contributed by atoms with Crippen molar-refractivity contribution in [2.24, 2.45) is 23.0 Å². The van der Waals surface area contributed by atoms with Gasteiger partial charge >= 0.3 is 6.03 Å².